The number of allylic oxidation sites excluding steroid dienone is 3. The van der Waals surface area contributed by atoms with Gasteiger partial charge in [0.15, 0.2) is 0 Å². The van der Waals surface area contributed by atoms with Crippen LogP contribution in [0.15, 0.2) is 23.8 Å². The predicted octanol–water partition coefficient (Wildman–Crippen LogP) is 5.06. The van der Waals surface area contributed by atoms with Crippen LogP contribution >= 0.6 is 0 Å². The fourth-order valence-corrected chi connectivity index (χ4v) is 5.53. The summed E-state index contributed by atoms with van der Waals surface area (Å²) in [4.78, 5) is 12.8. The van der Waals surface area contributed by atoms with Gasteiger partial charge in [0, 0.05) is 12.5 Å². The maximum Gasteiger partial charge on any atom is 0.309 e. The molecule has 0 spiro atoms. The van der Waals surface area contributed by atoms with E-state index in [4.69, 9.17) is 9.47 Å². The average molecular weight is 405 g/mol. The third kappa shape index (κ3) is 5.52. The van der Waals surface area contributed by atoms with E-state index in [0.717, 1.165) is 44.9 Å². The van der Waals surface area contributed by atoms with Gasteiger partial charge in [0.2, 0.25) is 0 Å². The topological polar surface area (TPSA) is 55.8 Å². The number of carbonyl (C=O) groups excluding carboxylic acids is 1. The minimum atomic E-state index is -0.225. The third-order valence-electron chi connectivity index (χ3n) is 7.34. The van der Waals surface area contributed by atoms with Gasteiger partial charge >= 0.3 is 5.97 Å². The zero-order chi connectivity index (χ0) is 21.0. The lowest BCUT2D eigenvalue weighted by Crippen LogP contribution is -2.42. The Morgan fingerprint density at radius 1 is 1.24 bits per heavy atom. The lowest BCUT2D eigenvalue weighted by atomic mass is 9.65. The highest BCUT2D eigenvalue weighted by Crippen LogP contribution is 2.45. The van der Waals surface area contributed by atoms with Crippen LogP contribution in [-0.2, 0) is 14.3 Å². The van der Waals surface area contributed by atoms with Crippen molar-refractivity contribution in [3.05, 3.63) is 23.8 Å². The van der Waals surface area contributed by atoms with Gasteiger partial charge in [0.1, 0.15) is 6.10 Å². The first-order valence-corrected chi connectivity index (χ1v) is 11.8. The van der Waals surface area contributed by atoms with Gasteiger partial charge in [-0.2, -0.15) is 0 Å². The minimum Gasteiger partial charge on any atom is -0.461 e. The van der Waals surface area contributed by atoms with Gasteiger partial charge in [-0.3, -0.25) is 4.79 Å². The van der Waals surface area contributed by atoms with Crippen molar-refractivity contribution in [2.24, 2.45) is 29.6 Å². The van der Waals surface area contributed by atoms with E-state index in [-0.39, 0.29) is 36.1 Å². The molecular weight excluding hydrogens is 364 g/mol. The average Bonchev–Trinajstić information content (AvgIpc) is 2.68. The molecule has 0 aromatic carbocycles. The first-order chi connectivity index (χ1) is 13.9. The monoisotopic (exact) mass is 404 g/mol. The quantitative estimate of drug-likeness (QED) is 0.603. The van der Waals surface area contributed by atoms with Crippen molar-refractivity contribution in [3.8, 4) is 0 Å². The molecule has 0 aromatic rings. The maximum absolute atomic E-state index is 12.8. The normalized spacial score (nSPS) is 37.2. The van der Waals surface area contributed by atoms with E-state index >= 15 is 0 Å². The molecule has 1 saturated heterocycles. The SMILES string of the molecule is CCC(CC)C(=O)OC1CC(C)C=C2C=CC(C)C(CC[C@@H]3C[C@H](O)CCO3)C21. The van der Waals surface area contributed by atoms with E-state index in [9.17, 15) is 9.90 Å². The Hall–Kier alpha value is -1.13. The summed E-state index contributed by atoms with van der Waals surface area (Å²) in [5, 5.41) is 9.97. The molecule has 7 atom stereocenters. The maximum atomic E-state index is 12.8. The van der Waals surface area contributed by atoms with Gasteiger partial charge in [-0.1, -0.05) is 45.9 Å². The Morgan fingerprint density at radius 2 is 2.00 bits per heavy atom. The third-order valence-corrected chi connectivity index (χ3v) is 7.34. The van der Waals surface area contributed by atoms with Crippen molar-refractivity contribution < 1.29 is 19.4 Å². The summed E-state index contributed by atoms with van der Waals surface area (Å²) in [5.41, 5.74) is 1.35. The number of rotatable bonds is 7. The minimum absolute atomic E-state index is 0.00629. The van der Waals surface area contributed by atoms with Crippen LogP contribution in [-0.4, -0.2) is 36.0 Å². The molecule has 1 fully saturated rings. The fraction of sp³-hybridized carbons (Fsp3) is 0.800. The first kappa shape index (κ1) is 22.6. The van der Waals surface area contributed by atoms with Crippen LogP contribution in [0.5, 0.6) is 0 Å². The number of esters is 1. The highest BCUT2D eigenvalue weighted by atomic mass is 16.5. The van der Waals surface area contributed by atoms with Crippen molar-refractivity contribution >= 4 is 5.97 Å². The second-order valence-corrected chi connectivity index (χ2v) is 9.52. The Morgan fingerprint density at radius 3 is 2.69 bits per heavy atom. The van der Waals surface area contributed by atoms with E-state index in [0.29, 0.717) is 24.4 Å². The molecule has 1 aliphatic heterocycles. The Bertz CT molecular complexity index is 606. The molecule has 5 unspecified atom stereocenters. The molecule has 164 valence electrons. The van der Waals surface area contributed by atoms with Crippen LogP contribution in [0.3, 0.4) is 0 Å². The summed E-state index contributed by atoms with van der Waals surface area (Å²) < 4.78 is 12.1. The molecule has 0 radical (unpaired) electrons. The fourth-order valence-electron chi connectivity index (χ4n) is 5.53. The molecule has 4 heteroatoms. The van der Waals surface area contributed by atoms with Crippen molar-refractivity contribution in [1.82, 2.24) is 0 Å². The highest BCUT2D eigenvalue weighted by molar-refractivity contribution is 5.72. The van der Waals surface area contributed by atoms with Crippen LogP contribution in [0, 0.1) is 29.6 Å². The zero-order valence-corrected chi connectivity index (χ0v) is 18.7. The summed E-state index contributed by atoms with van der Waals surface area (Å²) in [6.07, 6.45) is 12.9. The molecule has 29 heavy (non-hydrogen) atoms. The lowest BCUT2D eigenvalue weighted by Gasteiger charge is -2.43. The van der Waals surface area contributed by atoms with Gasteiger partial charge in [-0.05, 0) is 68.3 Å². The van der Waals surface area contributed by atoms with Crippen LogP contribution in [0.4, 0.5) is 0 Å². The summed E-state index contributed by atoms with van der Waals surface area (Å²) in [6, 6.07) is 0. The van der Waals surface area contributed by atoms with Gasteiger partial charge in [0.05, 0.1) is 18.1 Å². The Kier molecular flexibility index (Phi) is 7.98. The standard InChI is InChI=1S/C25H40O4/c1-5-18(6-2)25(27)29-23-14-16(3)13-19-8-7-17(4)22(24(19)23)10-9-21-15-20(26)11-12-28-21/h7-8,13,16-18,20-24,26H,5-6,9-12,14-15H2,1-4H3/t16?,17?,20-,21-,22?,23?,24?/m1/s1. The number of hydrogen-bond donors (Lipinski definition) is 1. The number of ether oxygens (including phenoxy) is 2. The number of aliphatic hydroxyl groups is 1. The van der Waals surface area contributed by atoms with Crippen molar-refractivity contribution in [2.75, 3.05) is 6.61 Å². The van der Waals surface area contributed by atoms with E-state index in [1.165, 1.54) is 5.57 Å². The van der Waals surface area contributed by atoms with Crippen LogP contribution in [0.2, 0.25) is 0 Å². The number of aliphatic hydroxyl groups excluding tert-OH is 1. The number of carbonyl (C=O) groups is 1. The molecule has 2 aliphatic carbocycles. The van der Waals surface area contributed by atoms with E-state index in [2.05, 4.69) is 45.9 Å². The predicted molar refractivity (Wildman–Crippen MR) is 115 cm³/mol. The summed E-state index contributed by atoms with van der Waals surface area (Å²) >= 11 is 0. The molecule has 3 rings (SSSR count). The molecule has 0 bridgehead atoms. The molecule has 0 saturated carbocycles. The summed E-state index contributed by atoms with van der Waals surface area (Å²) in [5.74, 6) is 1.59. The van der Waals surface area contributed by atoms with Gasteiger partial charge in [-0.15, -0.1) is 0 Å². The second kappa shape index (κ2) is 10.3. The molecule has 3 aliphatic rings. The number of fused-ring (bicyclic) bond motifs is 1. The van der Waals surface area contributed by atoms with Crippen molar-refractivity contribution in [1.29, 1.82) is 0 Å². The van der Waals surface area contributed by atoms with Crippen molar-refractivity contribution in [2.45, 2.75) is 91.0 Å². The van der Waals surface area contributed by atoms with Gasteiger partial charge < -0.3 is 14.6 Å². The zero-order valence-electron chi connectivity index (χ0n) is 18.7. The van der Waals surface area contributed by atoms with Crippen LogP contribution < -0.4 is 0 Å². The second-order valence-electron chi connectivity index (χ2n) is 9.52. The highest BCUT2D eigenvalue weighted by Gasteiger charge is 2.42. The van der Waals surface area contributed by atoms with Crippen LogP contribution in [0.1, 0.15) is 72.6 Å². The summed E-state index contributed by atoms with van der Waals surface area (Å²) in [7, 11) is 0. The van der Waals surface area contributed by atoms with Gasteiger partial charge in [-0.25, -0.2) is 0 Å². The largest absolute Gasteiger partial charge is 0.461 e. The van der Waals surface area contributed by atoms with Crippen LogP contribution in [0.25, 0.3) is 0 Å². The van der Waals surface area contributed by atoms with E-state index in [1.807, 2.05) is 0 Å². The molecule has 4 nitrogen and oxygen atoms in total. The lowest BCUT2D eigenvalue weighted by molar-refractivity contribution is -0.159. The molecule has 1 heterocycles. The summed E-state index contributed by atoms with van der Waals surface area (Å²) in [6.45, 7) is 9.30. The number of hydrogen-bond acceptors (Lipinski definition) is 4. The molecule has 1 N–H and O–H groups in total. The van der Waals surface area contributed by atoms with E-state index in [1.54, 1.807) is 0 Å². The van der Waals surface area contributed by atoms with E-state index < -0.39 is 0 Å². The molecular formula is C25H40O4. The van der Waals surface area contributed by atoms with Crippen molar-refractivity contribution in [3.63, 3.8) is 0 Å². The Balaban J connectivity index is 1.73. The smallest absolute Gasteiger partial charge is 0.309 e. The molecule has 0 amide bonds. The molecule has 0 aromatic heterocycles. The Labute approximate surface area is 176 Å². The van der Waals surface area contributed by atoms with Gasteiger partial charge in [0.25, 0.3) is 0 Å². The first-order valence-electron chi connectivity index (χ1n) is 11.8.